The lowest BCUT2D eigenvalue weighted by Gasteiger charge is -2.19. The maximum absolute atomic E-state index is 4.71. The van der Waals surface area contributed by atoms with E-state index in [1.54, 1.807) is 0 Å². The van der Waals surface area contributed by atoms with Crippen LogP contribution in [0.4, 0.5) is 0 Å². The van der Waals surface area contributed by atoms with Crippen molar-refractivity contribution in [2.24, 2.45) is 5.92 Å². The molecule has 3 heteroatoms. The van der Waals surface area contributed by atoms with Gasteiger partial charge in [-0.15, -0.1) is 0 Å². The van der Waals surface area contributed by atoms with Crippen molar-refractivity contribution >= 4 is 0 Å². The van der Waals surface area contributed by atoms with Gasteiger partial charge in [0, 0.05) is 18.3 Å². The Morgan fingerprint density at radius 1 is 1.33 bits per heavy atom. The third-order valence-electron chi connectivity index (χ3n) is 4.38. The average Bonchev–Trinajstić information content (AvgIpc) is 3.01. The molecule has 102 valence electrons. The van der Waals surface area contributed by atoms with E-state index in [1.165, 1.54) is 37.1 Å². The van der Waals surface area contributed by atoms with Crippen molar-refractivity contribution in [3.05, 3.63) is 17.5 Å². The second kappa shape index (κ2) is 6.37. The highest BCUT2D eigenvalue weighted by Gasteiger charge is 2.25. The summed E-state index contributed by atoms with van der Waals surface area (Å²) in [6.45, 7) is 5.49. The van der Waals surface area contributed by atoms with Gasteiger partial charge >= 0.3 is 0 Å². The summed E-state index contributed by atoms with van der Waals surface area (Å²) in [7, 11) is 2.10. The fraction of sp³-hybridized carbons (Fsp3) is 0.800. The molecule has 0 radical (unpaired) electrons. The highest BCUT2D eigenvalue weighted by atomic mass is 15.3. The first-order chi connectivity index (χ1) is 8.78. The zero-order chi connectivity index (χ0) is 13.0. The zero-order valence-corrected chi connectivity index (χ0v) is 12.1. The van der Waals surface area contributed by atoms with E-state index in [-0.39, 0.29) is 0 Å². The molecule has 0 aromatic carbocycles. The maximum atomic E-state index is 4.71. The van der Waals surface area contributed by atoms with Crippen molar-refractivity contribution in [3.63, 3.8) is 0 Å². The van der Waals surface area contributed by atoms with Gasteiger partial charge in [-0.2, -0.15) is 5.10 Å². The van der Waals surface area contributed by atoms with E-state index in [0.29, 0.717) is 0 Å². The predicted molar refractivity (Wildman–Crippen MR) is 75.8 cm³/mol. The molecular weight excluding hydrogens is 222 g/mol. The molecule has 1 N–H and O–H groups in total. The van der Waals surface area contributed by atoms with E-state index in [1.807, 2.05) is 0 Å². The Morgan fingerprint density at radius 3 is 2.83 bits per heavy atom. The van der Waals surface area contributed by atoms with Crippen LogP contribution in [0.5, 0.6) is 0 Å². The Kier molecular flexibility index (Phi) is 4.81. The first kappa shape index (κ1) is 13.6. The summed E-state index contributed by atoms with van der Waals surface area (Å²) in [4.78, 5) is 0. The molecule has 2 rings (SSSR count). The molecule has 2 atom stereocenters. The highest BCUT2D eigenvalue weighted by Crippen LogP contribution is 2.28. The maximum Gasteiger partial charge on any atom is 0.0624 e. The summed E-state index contributed by atoms with van der Waals surface area (Å²) < 4.78 is 2.24. The van der Waals surface area contributed by atoms with Crippen LogP contribution in [0.25, 0.3) is 0 Å². The third-order valence-corrected chi connectivity index (χ3v) is 4.38. The van der Waals surface area contributed by atoms with Crippen molar-refractivity contribution in [2.75, 3.05) is 7.05 Å². The van der Waals surface area contributed by atoms with E-state index in [4.69, 9.17) is 5.10 Å². The standard InChI is InChI=1S/C15H27N3/c1-4-13-11-14(5-2)18(17-13)10-9-12-7-6-8-15(12)16-3/h11-12,15-16H,4-10H2,1-3H3. The fourth-order valence-electron chi connectivity index (χ4n) is 3.22. The minimum Gasteiger partial charge on any atom is -0.317 e. The Balaban J connectivity index is 1.94. The molecule has 1 aromatic rings. The number of nitrogens with one attached hydrogen (secondary N) is 1. The molecule has 1 heterocycles. The number of nitrogens with zero attached hydrogens (tertiary/aromatic N) is 2. The Labute approximate surface area is 111 Å². The smallest absolute Gasteiger partial charge is 0.0624 e. The summed E-state index contributed by atoms with van der Waals surface area (Å²) in [6.07, 6.45) is 7.52. The summed E-state index contributed by atoms with van der Waals surface area (Å²) in [5.74, 6) is 0.842. The van der Waals surface area contributed by atoms with Gasteiger partial charge in [0.2, 0.25) is 0 Å². The van der Waals surface area contributed by atoms with Crippen LogP contribution in [0.1, 0.15) is 50.9 Å². The average molecular weight is 249 g/mol. The number of hydrogen-bond donors (Lipinski definition) is 1. The minimum atomic E-state index is 0.733. The van der Waals surface area contributed by atoms with Crippen LogP contribution in [-0.4, -0.2) is 22.9 Å². The highest BCUT2D eigenvalue weighted by molar-refractivity contribution is 5.10. The van der Waals surface area contributed by atoms with Gasteiger partial charge in [-0.25, -0.2) is 0 Å². The Hall–Kier alpha value is -0.830. The molecule has 1 aliphatic carbocycles. The van der Waals surface area contributed by atoms with Crippen molar-refractivity contribution in [1.29, 1.82) is 0 Å². The van der Waals surface area contributed by atoms with Crippen molar-refractivity contribution in [3.8, 4) is 0 Å². The summed E-state index contributed by atoms with van der Waals surface area (Å²) in [5, 5.41) is 8.17. The number of hydrogen-bond acceptors (Lipinski definition) is 2. The van der Waals surface area contributed by atoms with Gasteiger partial charge < -0.3 is 5.32 Å². The number of aryl methyl sites for hydroxylation is 3. The van der Waals surface area contributed by atoms with E-state index in [0.717, 1.165) is 31.3 Å². The molecule has 0 amide bonds. The first-order valence-corrected chi connectivity index (χ1v) is 7.51. The molecular formula is C15H27N3. The predicted octanol–water partition coefficient (Wildman–Crippen LogP) is 2.79. The molecule has 0 spiro atoms. The molecule has 18 heavy (non-hydrogen) atoms. The topological polar surface area (TPSA) is 29.9 Å². The first-order valence-electron chi connectivity index (χ1n) is 7.51. The zero-order valence-electron chi connectivity index (χ0n) is 12.1. The van der Waals surface area contributed by atoms with Crippen molar-refractivity contribution in [1.82, 2.24) is 15.1 Å². The van der Waals surface area contributed by atoms with Gasteiger partial charge in [0.1, 0.15) is 0 Å². The van der Waals surface area contributed by atoms with Crippen molar-refractivity contribution < 1.29 is 0 Å². The van der Waals surface area contributed by atoms with Crippen LogP contribution in [0, 0.1) is 5.92 Å². The molecule has 1 aliphatic rings. The van der Waals surface area contributed by atoms with Crippen LogP contribution in [-0.2, 0) is 19.4 Å². The minimum absolute atomic E-state index is 0.733. The van der Waals surface area contributed by atoms with Gasteiger partial charge in [-0.3, -0.25) is 4.68 Å². The summed E-state index contributed by atoms with van der Waals surface area (Å²) in [5.41, 5.74) is 2.63. The van der Waals surface area contributed by atoms with E-state index >= 15 is 0 Å². The van der Waals surface area contributed by atoms with Crippen LogP contribution in [0.3, 0.4) is 0 Å². The fourth-order valence-corrected chi connectivity index (χ4v) is 3.22. The normalized spacial score (nSPS) is 23.7. The third kappa shape index (κ3) is 2.94. The largest absolute Gasteiger partial charge is 0.317 e. The van der Waals surface area contributed by atoms with Crippen LogP contribution >= 0.6 is 0 Å². The second-order valence-electron chi connectivity index (χ2n) is 5.43. The SMILES string of the molecule is CCc1cc(CC)n(CCC2CCCC2NC)n1. The van der Waals surface area contributed by atoms with E-state index in [9.17, 15) is 0 Å². The quantitative estimate of drug-likeness (QED) is 0.840. The lowest BCUT2D eigenvalue weighted by molar-refractivity contribution is 0.366. The Morgan fingerprint density at radius 2 is 2.17 bits per heavy atom. The molecule has 0 aliphatic heterocycles. The second-order valence-corrected chi connectivity index (χ2v) is 5.43. The molecule has 1 aromatic heterocycles. The van der Waals surface area contributed by atoms with Gasteiger partial charge in [0.15, 0.2) is 0 Å². The number of aromatic nitrogens is 2. The molecule has 1 fully saturated rings. The van der Waals surface area contributed by atoms with Gasteiger partial charge in [-0.1, -0.05) is 20.3 Å². The molecule has 3 nitrogen and oxygen atoms in total. The van der Waals surface area contributed by atoms with Gasteiger partial charge in [0.25, 0.3) is 0 Å². The van der Waals surface area contributed by atoms with E-state index in [2.05, 4.69) is 37.0 Å². The van der Waals surface area contributed by atoms with Gasteiger partial charge in [0.05, 0.1) is 5.69 Å². The molecule has 2 unspecified atom stereocenters. The molecule has 0 saturated heterocycles. The van der Waals surface area contributed by atoms with Crippen molar-refractivity contribution in [2.45, 2.75) is 65.0 Å². The van der Waals surface area contributed by atoms with Crippen LogP contribution in [0.15, 0.2) is 6.07 Å². The lowest BCUT2D eigenvalue weighted by atomic mass is 10.00. The van der Waals surface area contributed by atoms with Gasteiger partial charge in [-0.05, 0) is 51.1 Å². The monoisotopic (exact) mass is 249 g/mol. The van der Waals surface area contributed by atoms with Crippen LogP contribution < -0.4 is 5.32 Å². The molecule has 1 saturated carbocycles. The molecule has 0 bridgehead atoms. The van der Waals surface area contributed by atoms with Crippen LogP contribution in [0.2, 0.25) is 0 Å². The van der Waals surface area contributed by atoms with E-state index < -0.39 is 0 Å². The summed E-state index contributed by atoms with van der Waals surface area (Å²) >= 11 is 0. The Bertz CT molecular complexity index is 370. The number of rotatable bonds is 6. The lowest BCUT2D eigenvalue weighted by Crippen LogP contribution is -2.29. The summed E-state index contributed by atoms with van der Waals surface area (Å²) in [6, 6.07) is 3.00.